The fourth-order valence-electron chi connectivity index (χ4n) is 1.55. The first-order valence-corrected chi connectivity index (χ1v) is 5.53. The molecule has 0 aliphatic rings. The van der Waals surface area contributed by atoms with E-state index in [4.69, 9.17) is 16.3 Å². The molecular formula is C10H11ClN4O3. The Labute approximate surface area is 108 Å². The molecule has 0 saturated carbocycles. The zero-order valence-electron chi connectivity index (χ0n) is 9.88. The second-order valence-corrected chi connectivity index (χ2v) is 3.77. The van der Waals surface area contributed by atoms with Crippen LogP contribution in [0.2, 0.25) is 5.28 Å². The number of hydrogen-bond donors (Lipinski definition) is 0. The molecule has 0 atom stereocenters. The van der Waals surface area contributed by atoms with Crippen LogP contribution in [0, 0.1) is 0 Å². The van der Waals surface area contributed by atoms with Crippen LogP contribution < -0.4 is 4.74 Å². The van der Waals surface area contributed by atoms with Gasteiger partial charge in [0.2, 0.25) is 11.2 Å². The summed E-state index contributed by atoms with van der Waals surface area (Å²) < 4.78 is 11.3. The van der Waals surface area contributed by atoms with Gasteiger partial charge in [-0.25, -0.2) is 4.98 Å². The van der Waals surface area contributed by atoms with Crippen molar-refractivity contribution in [2.24, 2.45) is 0 Å². The zero-order chi connectivity index (χ0) is 13.1. The minimum atomic E-state index is -0.313. The number of ether oxygens (including phenoxy) is 2. The lowest BCUT2D eigenvalue weighted by atomic mass is 10.4. The van der Waals surface area contributed by atoms with Gasteiger partial charge < -0.3 is 9.47 Å². The molecule has 7 nitrogen and oxygen atoms in total. The number of carbonyl (C=O) groups is 1. The van der Waals surface area contributed by atoms with Crippen LogP contribution in [0.25, 0.3) is 11.0 Å². The largest absolute Gasteiger partial charge is 0.479 e. The fourth-order valence-corrected chi connectivity index (χ4v) is 1.72. The van der Waals surface area contributed by atoms with Crippen molar-refractivity contribution < 1.29 is 14.3 Å². The molecule has 0 fully saturated rings. The SMILES string of the molecule is COC(=O)CCn1ncc2nc(Cl)nc(OC)c21. The molecular weight excluding hydrogens is 260 g/mol. The zero-order valence-corrected chi connectivity index (χ0v) is 10.6. The summed E-state index contributed by atoms with van der Waals surface area (Å²) in [4.78, 5) is 19.1. The molecule has 0 aliphatic carbocycles. The number of hydrogen-bond acceptors (Lipinski definition) is 6. The van der Waals surface area contributed by atoms with E-state index in [0.717, 1.165) is 0 Å². The second-order valence-electron chi connectivity index (χ2n) is 3.43. The highest BCUT2D eigenvalue weighted by molar-refractivity contribution is 6.28. The lowest BCUT2D eigenvalue weighted by Crippen LogP contribution is -2.08. The van der Waals surface area contributed by atoms with Crippen LogP contribution in [-0.2, 0) is 16.1 Å². The lowest BCUT2D eigenvalue weighted by Gasteiger charge is -2.05. The van der Waals surface area contributed by atoms with Crippen molar-refractivity contribution in [3.63, 3.8) is 0 Å². The van der Waals surface area contributed by atoms with Gasteiger partial charge in [-0.1, -0.05) is 0 Å². The third-order valence-electron chi connectivity index (χ3n) is 2.38. The van der Waals surface area contributed by atoms with Crippen molar-refractivity contribution >= 4 is 28.6 Å². The molecule has 2 aromatic rings. The second kappa shape index (κ2) is 5.18. The number of methoxy groups -OCH3 is 2. The maximum Gasteiger partial charge on any atom is 0.307 e. The third kappa shape index (κ3) is 2.35. The van der Waals surface area contributed by atoms with Crippen LogP contribution in [0.4, 0.5) is 0 Å². The first kappa shape index (κ1) is 12.6. The Morgan fingerprint density at radius 1 is 1.44 bits per heavy atom. The van der Waals surface area contributed by atoms with E-state index in [9.17, 15) is 4.79 Å². The fraction of sp³-hybridized carbons (Fsp3) is 0.400. The number of halogens is 1. The van der Waals surface area contributed by atoms with E-state index in [-0.39, 0.29) is 17.7 Å². The predicted octanol–water partition coefficient (Wildman–Crippen LogP) is 1.05. The summed E-state index contributed by atoms with van der Waals surface area (Å²) in [5.41, 5.74) is 1.17. The number of aryl methyl sites for hydroxylation is 1. The molecule has 0 aromatic carbocycles. The van der Waals surface area contributed by atoms with Crippen molar-refractivity contribution in [1.29, 1.82) is 0 Å². The average Bonchev–Trinajstić information content (AvgIpc) is 2.77. The van der Waals surface area contributed by atoms with Gasteiger partial charge in [0.25, 0.3) is 0 Å². The van der Waals surface area contributed by atoms with E-state index in [1.807, 2.05) is 0 Å². The van der Waals surface area contributed by atoms with Crippen molar-refractivity contribution in [1.82, 2.24) is 19.7 Å². The van der Waals surface area contributed by atoms with Gasteiger partial charge in [-0.05, 0) is 11.6 Å². The maximum absolute atomic E-state index is 11.1. The van der Waals surface area contributed by atoms with Gasteiger partial charge in [-0.15, -0.1) is 0 Å². The molecule has 0 spiro atoms. The summed E-state index contributed by atoms with van der Waals surface area (Å²) in [6.07, 6.45) is 1.75. The minimum Gasteiger partial charge on any atom is -0.479 e. The Hall–Kier alpha value is -1.89. The number of nitrogens with zero attached hydrogens (tertiary/aromatic N) is 4. The van der Waals surface area contributed by atoms with E-state index in [1.54, 1.807) is 10.9 Å². The molecule has 0 saturated heterocycles. The number of fused-ring (bicyclic) bond motifs is 1. The van der Waals surface area contributed by atoms with E-state index in [2.05, 4.69) is 19.8 Å². The number of rotatable bonds is 4. The van der Waals surface area contributed by atoms with Crippen molar-refractivity contribution in [2.45, 2.75) is 13.0 Å². The van der Waals surface area contributed by atoms with Crippen LogP contribution in [0.1, 0.15) is 6.42 Å². The molecule has 0 aliphatic heterocycles. The number of esters is 1. The van der Waals surface area contributed by atoms with Crippen LogP contribution in [0.15, 0.2) is 6.20 Å². The molecule has 8 heteroatoms. The summed E-state index contributed by atoms with van der Waals surface area (Å²) in [6, 6.07) is 0. The van der Waals surface area contributed by atoms with Crippen molar-refractivity contribution in [3.8, 4) is 5.88 Å². The molecule has 18 heavy (non-hydrogen) atoms. The quantitative estimate of drug-likeness (QED) is 0.610. The molecule has 96 valence electrons. The molecule has 0 unspecified atom stereocenters. The number of carbonyl (C=O) groups excluding carboxylic acids is 1. The smallest absolute Gasteiger partial charge is 0.307 e. The Morgan fingerprint density at radius 3 is 2.89 bits per heavy atom. The highest BCUT2D eigenvalue weighted by Gasteiger charge is 2.14. The van der Waals surface area contributed by atoms with Gasteiger partial charge in [0.05, 0.1) is 33.4 Å². The Bertz CT molecular complexity index is 584. The van der Waals surface area contributed by atoms with Gasteiger partial charge in [0, 0.05) is 0 Å². The summed E-state index contributed by atoms with van der Waals surface area (Å²) in [5.74, 6) is 0.0138. The molecule has 0 radical (unpaired) electrons. The number of aromatic nitrogens is 4. The van der Waals surface area contributed by atoms with Crippen molar-refractivity contribution in [3.05, 3.63) is 11.5 Å². The first-order valence-electron chi connectivity index (χ1n) is 5.15. The van der Waals surface area contributed by atoms with Crippen LogP contribution in [0.3, 0.4) is 0 Å². The van der Waals surface area contributed by atoms with E-state index in [0.29, 0.717) is 23.5 Å². The predicted molar refractivity (Wildman–Crippen MR) is 63.5 cm³/mol. The van der Waals surface area contributed by atoms with E-state index >= 15 is 0 Å². The molecule has 2 rings (SSSR count). The van der Waals surface area contributed by atoms with Crippen LogP contribution in [-0.4, -0.2) is 39.9 Å². The molecule has 2 heterocycles. The summed E-state index contributed by atoms with van der Waals surface area (Å²) >= 11 is 5.75. The highest BCUT2D eigenvalue weighted by atomic mass is 35.5. The minimum absolute atomic E-state index is 0.0897. The normalized spacial score (nSPS) is 10.6. The Morgan fingerprint density at radius 2 is 2.22 bits per heavy atom. The lowest BCUT2D eigenvalue weighted by molar-refractivity contribution is -0.140. The molecule has 2 aromatic heterocycles. The van der Waals surface area contributed by atoms with E-state index in [1.165, 1.54) is 14.2 Å². The van der Waals surface area contributed by atoms with Gasteiger partial charge >= 0.3 is 5.97 Å². The van der Waals surface area contributed by atoms with Crippen LogP contribution >= 0.6 is 11.6 Å². The topological polar surface area (TPSA) is 79.1 Å². The van der Waals surface area contributed by atoms with Gasteiger partial charge in [0.1, 0.15) is 11.0 Å². The summed E-state index contributed by atoms with van der Waals surface area (Å²) in [6.45, 7) is 0.359. The monoisotopic (exact) mass is 270 g/mol. The van der Waals surface area contributed by atoms with Gasteiger partial charge in [0.15, 0.2) is 0 Å². The standard InChI is InChI=1S/C10H11ClN4O3/c1-17-7(16)3-4-15-8-6(5-12-15)13-10(11)14-9(8)18-2/h5H,3-4H2,1-2H3. The van der Waals surface area contributed by atoms with Crippen molar-refractivity contribution in [2.75, 3.05) is 14.2 Å². The first-order chi connectivity index (χ1) is 8.65. The Kier molecular flexibility index (Phi) is 3.61. The summed E-state index contributed by atoms with van der Waals surface area (Å²) in [5, 5.41) is 4.21. The van der Waals surface area contributed by atoms with Gasteiger partial charge in [-0.3, -0.25) is 9.48 Å². The van der Waals surface area contributed by atoms with Crippen LogP contribution in [0.5, 0.6) is 5.88 Å². The molecule has 0 N–H and O–H groups in total. The molecule has 0 amide bonds. The van der Waals surface area contributed by atoms with Gasteiger partial charge in [-0.2, -0.15) is 10.1 Å². The average molecular weight is 271 g/mol. The summed E-state index contributed by atoms with van der Waals surface area (Å²) in [7, 11) is 2.82. The van der Waals surface area contributed by atoms with E-state index < -0.39 is 0 Å². The maximum atomic E-state index is 11.1. The Balaban J connectivity index is 2.37. The third-order valence-corrected chi connectivity index (χ3v) is 2.55. The highest BCUT2D eigenvalue weighted by Crippen LogP contribution is 2.23. The molecule has 0 bridgehead atoms.